The van der Waals surface area contributed by atoms with Crippen LogP contribution in [0, 0.1) is 27.7 Å². The lowest BCUT2D eigenvalue weighted by Gasteiger charge is -2.27. The lowest BCUT2D eigenvalue weighted by atomic mass is 10.0. The molecule has 5 heterocycles. The maximum atomic E-state index is 12.1. The average molecular weight is 941 g/mol. The summed E-state index contributed by atoms with van der Waals surface area (Å²) in [5.41, 5.74) is 19.3. The summed E-state index contributed by atoms with van der Waals surface area (Å²) in [4.78, 5) is 46.8. The van der Waals surface area contributed by atoms with Crippen molar-refractivity contribution < 1.29 is 19.4 Å². The topological polar surface area (TPSA) is 127 Å². The first-order valence-electron chi connectivity index (χ1n) is 23.7. The van der Waals surface area contributed by atoms with Gasteiger partial charge in [0.1, 0.15) is 5.75 Å². The number of hydrogen-bond acceptors (Lipinski definition) is 7. The Balaban J connectivity index is 1.32. The molecule has 0 amide bonds. The number of aromatic carboxylic acids is 1. The minimum absolute atomic E-state index is 0.177. The minimum atomic E-state index is -1.01. The predicted molar refractivity (Wildman–Crippen MR) is 292 cm³/mol. The number of anilines is 6. The lowest BCUT2D eigenvalue weighted by molar-refractivity contribution is -0.120. The number of benzene rings is 6. The Labute approximate surface area is 416 Å². The number of H-pyrrole nitrogens is 2. The fraction of sp³-hybridized carbons (Fsp3) is 0.0645. The molecule has 11 rings (SSSR count). The lowest BCUT2D eigenvalue weighted by Crippen LogP contribution is -2.12. The number of aryl methyl sites for hydroxylation is 4. The second-order valence-electron chi connectivity index (χ2n) is 18.1. The van der Waals surface area contributed by atoms with Gasteiger partial charge in [0.2, 0.25) is 0 Å². The molecule has 0 aliphatic carbocycles. The summed E-state index contributed by atoms with van der Waals surface area (Å²) in [6.45, 7) is 8.77. The van der Waals surface area contributed by atoms with E-state index in [1.165, 1.54) is 0 Å². The highest BCUT2D eigenvalue weighted by atomic mass is 16.5. The normalized spacial score (nSPS) is 11.7. The number of nitrogens with one attached hydrogen (secondary N) is 2. The van der Waals surface area contributed by atoms with Gasteiger partial charge in [0, 0.05) is 44.9 Å². The molecule has 10 nitrogen and oxygen atoms in total. The van der Waals surface area contributed by atoms with Gasteiger partial charge < -0.3 is 29.6 Å². The van der Waals surface area contributed by atoms with Crippen LogP contribution in [0.1, 0.15) is 55.4 Å². The van der Waals surface area contributed by atoms with Gasteiger partial charge >= 0.3 is 5.97 Å². The van der Waals surface area contributed by atoms with Crippen molar-refractivity contribution in [2.75, 3.05) is 9.80 Å². The van der Waals surface area contributed by atoms with Gasteiger partial charge in [-0.15, -0.1) is 0 Å². The Hall–Kier alpha value is -9.54. The third-order valence-corrected chi connectivity index (χ3v) is 13.1. The summed E-state index contributed by atoms with van der Waals surface area (Å²) in [7, 11) is 0. The van der Waals surface area contributed by atoms with Gasteiger partial charge in [-0.3, -0.25) is 4.79 Å². The molecule has 0 unspecified atom stereocenters. The summed E-state index contributed by atoms with van der Waals surface area (Å²) in [5.74, 6) is -0.599. The Morgan fingerprint density at radius 2 is 0.778 bits per heavy atom. The molecule has 3 aromatic heterocycles. The number of aromatic nitrogens is 4. The molecule has 0 saturated heterocycles. The largest absolute Gasteiger partial charge is 0.478 e. The Bertz CT molecular complexity index is 3690. The predicted octanol–water partition coefficient (Wildman–Crippen LogP) is 15.4. The van der Waals surface area contributed by atoms with E-state index in [4.69, 9.17) is 14.7 Å². The molecule has 2 aliphatic heterocycles. The summed E-state index contributed by atoms with van der Waals surface area (Å²) >= 11 is 0. The standard InChI is InChI=1S/C62H48N6O4/c1-38-5-19-45(20-6-38)67(46-21-7-39(2)8-22-46)60-54-33-31-52(64-54)58(42-13-15-44(16-14-42)62(70)71)50-29-30-51(63-50)59(43-17-27-49(28-18-43)72-37-69)53-32-34-55(65-53)61(57-36-35-56(60)66-57)68(47-23-9-40(3)10-24-47)48-25-11-41(4)12-26-48/h5-37,63,66H,1-4H3,(H,70,71). The number of aromatic amines is 2. The van der Waals surface area contributed by atoms with E-state index in [1.807, 2.05) is 48.6 Å². The SMILES string of the molecule is Cc1ccc(N(c2ccc(C)cc2)c2c3nc(c(-c4ccc(OC=O)cc4)c4ccc([nH]4)c(-c4ccc(C(=O)O)cc4)c4nc(c(N(c5ccc(C)cc5)c5ccc(C)cc5)c5ccc2[nH]5)C=C4)C=C3)cc1. The molecular formula is C62H48N6O4. The summed E-state index contributed by atoms with van der Waals surface area (Å²) in [5, 5.41) is 9.92. The molecule has 10 heteroatoms. The number of carboxylic acid groups (broad SMARTS) is 1. The Morgan fingerprint density at radius 1 is 0.444 bits per heavy atom. The number of nitrogens with zero attached hydrogens (tertiary/aromatic N) is 4. The quantitative estimate of drug-likeness (QED) is 0.109. The molecule has 350 valence electrons. The molecule has 0 fully saturated rings. The molecule has 9 aromatic rings. The van der Waals surface area contributed by atoms with Crippen molar-refractivity contribution in [2.45, 2.75) is 27.7 Å². The van der Waals surface area contributed by atoms with Crippen molar-refractivity contribution >= 4 is 92.9 Å². The molecule has 0 spiro atoms. The first-order chi connectivity index (χ1) is 35.1. The zero-order valence-electron chi connectivity index (χ0n) is 40.0. The number of ether oxygens (including phenoxy) is 1. The van der Waals surface area contributed by atoms with Crippen molar-refractivity contribution in [3.63, 3.8) is 0 Å². The van der Waals surface area contributed by atoms with Crippen LogP contribution in [0.4, 0.5) is 34.1 Å². The van der Waals surface area contributed by atoms with Gasteiger partial charge in [-0.1, -0.05) is 95.1 Å². The Kier molecular flexibility index (Phi) is 11.7. The van der Waals surface area contributed by atoms with Gasteiger partial charge in [-0.2, -0.15) is 0 Å². The third-order valence-electron chi connectivity index (χ3n) is 13.1. The highest BCUT2D eigenvalue weighted by Gasteiger charge is 2.25. The molecule has 2 aliphatic rings. The van der Waals surface area contributed by atoms with Gasteiger partial charge in [0.15, 0.2) is 0 Å². The molecule has 0 atom stereocenters. The summed E-state index contributed by atoms with van der Waals surface area (Å²) in [6.07, 6.45) is 8.18. The number of rotatable bonds is 11. The van der Waals surface area contributed by atoms with Crippen molar-refractivity contribution in [1.29, 1.82) is 0 Å². The molecule has 6 aromatic carbocycles. The van der Waals surface area contributed by atoms with Crippen LogP contribution in [0.25, 0.3) is 68.6 Å². The third kappa shape index (κ3) is 8.62. The van der Waals surface area contributed by atoms with Crippen LogP contribution in [0.2, 0.25) is 0 Å². The number of carbonyl (C=O) groups excluding carboxylic acids is 1. The van der Waals surface area contributed by atoms with Crippen LogP contribution in [0.5, 0.6) is 5.75 Å². The second kappa shape index (κ2) is 18.8. The van der Waals surface area contributed by atoms with E-state index >= 15 is 0 Å². The molecular weight excluding hydrogens is 893 g/mol. The number of fused-ring (bicyclic) bond motifs is 8. The maximum absolute atomic E-state index is 12.1. The fourth-order valence-corrected chi connectivity index (χ4v) is 9.38. The van der Waals surface area contributed by atoms with Crippen LogP contribution in [-0.2, 0) is 4.79 Å². The average Bonchev–Trinajstić information content (AvgIpc) is 4.25. The zero-order valence-corrected chi connectivity index (χ0v) is 40.0. The highest BCUT2D eigenvalue weighted by Crippen LogP contribution is 2.45. The van der Waals surface area contributed by atoms with E-state index in [9.17, 15) is 14.7 Å². The van der Waals surface area contributed by atoms with Crippen molar-refractivity contribution in [3.05, 3.63) is 220 Å². The molecule has 3 N–H and O–H groups in total. The number of carbonyl (C=O) groups is 2. The number of carboxylic acids is 1. The van der Waals surface area contributed by atoms with Crippen LogP contribution in [-0.4, -0.2) is 37.5 Å². The van der Waals surface area contributed by atoms with E-state index in [0.29, 0.717) is 35.0 Å². The summed E-state index contributed by atoms with van der Waals surface area (Å²) < 4.78 is 5.22. The van der Waals surface area contributed by atoms with Crippen molar-refractivity contribution in [2.24, 2.45) is 0 Å². The molecule has 0 radical (unpaired) electrons. The van der Waals surface area contributed by atoms with Crippen LogP contribution >= 0.6 is 0 Å². The number of hydrogen-bond donors (Lipinski definition) is 3. The van der Waals surface area contributed by atoms with Gasteiger partial charge in [-0.25, -0.2) is 14.8 Å². The smallest absolute Gasteiger partial charge is 0.335 e. The first kappa shape index (κ1) is 44.9. The Morgan fingerprint density at radius 3 is 1.14 bits per heavy atom. The zero-order chi connectivity index (χ0) is 49.5. The second-order valence-corrected chi connectivity index (χ2v) is 18.1. The molecule has 8 bridgehead atoms. The van der Waals surface area contributed by atoms with Crippen LogP contribution < -0.4 is 14.5 Å². The van der Waals surface area contributed by atoms with E-state index < -0.39 is 5.97 Å². The highest BCUT2D eigenvalue weighted by molar-refractivity contribution is 6.02. The van der Waals surface area contributed by atoms with E-state index in [2.05, 4.69) is 169 Å². The fourth-order valence-electron chi connectivity index (χ4n) is 9.38. The van der Waals surface area contributed by atoms with E-state index in [1.54, 1.807) is 24.3 Å². The van der Waals surface area contributed by atoms with Crippen molar-refractivity contribution in [3.8, 4) is 28.0 Å². The van der Waals surface area contributed by atoms with Gasteiger partial charge in [0.05, 0.1) is 50.7 Å². The van der Waals surface area contributed by atoms with Crippen LogP contribution in [0.15, 0.2) is 170 Å². The van der Waals surface area contributed by atoms with E-state index in [0.717, 1.165) is 101 Å². The summed E-state index contributed by atoms with van der Waals surface area (Å²) in [6, 6.07) is 56.6. The van der Waals surface area contributed by atoms with Crippen LogP contribution in [0.3, 0.4) is 0 Å². The molecule has 72 heavy (non-hydrogen) atoms. The van der Waals surface area contributed by atoms with Gasteiger partial charge in [-0.05, 0) is 160 Å². The monoisotopic (exact) mass is 940 g/mol. The minimum Gasteiger partial charge on any atom is -0.478 e. The van der Waals surface area contributed by atoms with Gasteiger partial charge in [0.25, 0.3) is 6.47 Å². The van der Waals surface area contributed by atoms with Crippen molar-refractivity contribution in [1.82, 2.24) is 19.9 Å². The maximum Gasteiger partial charge on any atom is 0.335 e. The first-order valence-corrected chi connectivity index (χ1v) is 23.7. The molecule has 0 saturated carbocycles. The van der Waals surface area contributed by atoms with E-state index in [-0.39, 0.29) is 5.56 Å².